The Hall–Kier alpha value is -1.05. The van der Waals surface area contributed by atoms with E-state index in [0.29, 0.717) is 5.13 Å². The third-order valence-electron chi connectivity index (χ3n) is 1.27. The zero-order valence-corrected chi connectivity index (χ0v) is 7.87. The van der Waals surface area contributed by atoms with Crippen molar-refractivity contribution in [2.75, 3.05) is 19.0 Å². The molecule has 0 aliphatic rings. The van der Waals surface area contributed by atoms with Crippen molar-refractivity contribution in [3.8, 4) is 0 Å². The number of nitrogens with one attached hydrogen (secondary N) is 1. The smallest absolute Gasteiger partial charge is 0.245 e. The minimum Gasteiger partial charge on any atom is -0.383 e. The van der Waals surface area contributed by atoms with Crippen molar-refractivity contribution in [2.24, 2.45) is 5.73 Å². The Labute approximate surface area is 79.1 Å². The van der Waals surface area contributed by atoms with Gasteiger partial charge in [0.05, 0.1) is 6.61 Å². The van der Waals surface area contributed by atoms with Gasteiger partial charge in [-0.25, -0.2) is 0 Å². The summed E-state index contributed by atoms with van der Waals surface area (Å²) in [5.74, 6) is -0.321. The van der Waals surface area contributed by atoms with E-state index in [2.05, 4.69) is 15.5 Å². The summed E-state index contributed by atoms with van der Waals surface area (Å²) < 4.78 is 4.73. The summed E-state index contributed by atoms with van der Waals surface area (Å²) in [6.07, 6.45) is 0. The first-order valence-corrected chi connectivity index (χ1v) is 4.43. The summed E-state index contributed by atoms with van der Waals surface area (Å²) in [5.41, 5.74) is 6.99. The topological polar surface area (TPSA) is 90.1 Å². The van der Waals surface area contributed by atoms with Crippen LogP contribution in [-0.2, 0) is 9.53 Å². The molecule has 7 heteroatoms. The van der Waals surface area contributed by atoms with Gasteiger partial charge in [0.1, 0.15) is 11.6 Å². The minimum absolute atomic E-state index is 0.185. The first-order chi connectivity index (χ1) is 6.24. The van der Waals surface area contributed by atoms with Gasteiger partial charge in [-0.05, 0) is 0 Å². The Kier molecular flexibility index (Phi) is 3.74. The predicted octanol–water partition coefficient (Wildman–Crippen LogP) is -0.550. The van der Waals surface area contributed by atoms with Crippen LogP contribution in [-0.4, -0.2) is 35.9 Å². The van der Waals surface area contributed by atoms with Gasteiger partial charge in [-0.2, -0.15) is 0 Å². The van der Waals surface area contributed by atoms with E-state index >= 15 is 0 Å². The van der Waals surface area contributed by atoms with Crippen LogP contribution < -0.4 is 11.1 Å². The molecule has 0 aliphatic carbocycles. The van der Waals surface area contributed by atoms with E-state index in [-0.39, 0.29) is 12.5 Å². The third-order valence-corrected chi connectivity index (χ3v) is 1.88. The molecule has 6 nitrogen and oxygen atoms in total. The zero-order valence-electron chi connectivity index (χ0n) is 7.06. The maximum absolute atomic E-state index is 11.2. The summed E-state index contributed by atoms with van der Waals surface area (Å²) in [7, 11) is 1.48. The second kappa shape index (κ2) is 4.85. The lowest BCUT2D eigenvalue weighted by Crippen LogP contribution is -2.39. The Morgan fingerprint density at radius 3 is 3.23 bits per heavy atom. The van der Waals surface area contributed by atoms with Gasteiger partial charge in [-0.15, -0.1) is 10.2 Å². The van der Waals surface area contributed by atoms with Crippen LogP contribution in [0.5, 0.6) is 0 Å². The monoisotopic (exact) mass is 202 g/mol. The molecule has 0 saturated heterocycles. The summed E-state index contributed by atoms with van der Waals surface area (Å²) in [6.45, 7) is 0.185. The maximum Gasteiger partial charge on any atom is 0.245 e. The minimum atomic E-state index is -0.672. The van der Waals surface area contributed by atoms with Crippen LogP contribution >= 0.6 is 11.3 Å². The lowest BCUT2D eigenvalue weighted by Gasteiger charge is -2.08. The average molecular weight is 202 g/mol. The van der Waals surface area contributed by atoms with Gasteiger partial charge in [-0.3, -0.25) is 10.1 Å². The molecule has 0 aromatic carbocycles. The lowest BCUT2D eigenvalue weighted by molar-refractivity contribution is -0.118. The summed E-state index contributed by atoms with van der Waals surface area (Å²) in [6, 6.07) is -0.672. The normalized spacial score (nSPS) is 12.5. The van der Waals surface area contributed by atoms with Crippen LogP contribution in [0, 0.1) is 0 Å². The van der Waals surface area contributed by atoms with E-state index in [1.807, 2.05) is 0 Å². The average Bonchev–Trinajstić information content (AvgIpc) is 2.57. The van der Waals surface area contributed by atoms with Crippen LogP contribution in [0.2, 0.25) is 0 Å². The largest absolute Gasteiger partial charge is 0.383 e. The number of carbonyl (C=O) groups is 1. The first-order valence-electron chi connectivity index (χ1n) is 3.55. The molecule has 13 heavy (non-hydrogen) atoms. The molecular weight excluding hydrogens is 192 g/mol. The van der Waals surface area contributed by atoms with Gasteiger partial charge in [0.25, 0.3) is 0 Å². The number of hydrogen-bond acceptors (Lipinski definition) is 6. The van der Waals surface area contributed by atoms with E-state index < -0.39 is 6.04 Å². The van der Waals surface area contributed by atoms with Gasteiger partial charge >= 0.3 is 0 Å². The molecule has 3 N–H and O–H groups in total. The van der Waals surface area contributed by atoms with Crippen LogP contribution in [0.25, 0.3) is 0 Å². The SMILES string of the molecule is COCC(N)C(=O)Nc1nncs1. The van der Waals surface area contributed by atoms with Gasteiger partial charge in [0.15, 0.2) is 0 Å². The number of anilines is 1. The Balaban J connectivity index is 2.41. The maximum atomic E-state index is 11.2. The van der Waals surface area contributed by atoms with E-state index in [0.717, 1.165) is 0 Å². The Morgan fingerprint density at radius 2 is 2.69 bits per heavy atom. The molecule has 0 saturated carbocycles. The Morgan fingerprint density at radius 1 is 1.92 bits per heavy atom. The molecule has 1 amide bonds. The van der Waals surface area contributed by atoms with Crippen molar-refractivity contribution in [2.45, 2.75) is 6.04 Å². The fourth-order valence-corrected chi connectivity index (χ4v) is 1.13. The highest BCUT2D eigenvalue weighted by Gasteiger charge is 2.13. The predicted molar refractivity (Wildman–Crippen MR) is 48.4 cm³/mol. The highest BCUT2D eigenvalue weighted by atomic mass is 32.1. The highest BCUT2D eigenvalue weighted by molar-refractivity contribution is 7.13. The van der Waals surface area contributed by atoms with Crippen molar-refractivity contribution < 1.29 is 9.53 Å². The second-order valence-corrected chi connectivity index (χ2v) is 3.13. The number of nitrogens with zero attached hydrogens (tertiary/aromatic N) is 2. The molecule has 0 bridgehead atoms. The lowest BCUT2D eigenvalue weighted by atomic mass is 10.3. The Bertz CT molecular complexity index is 264. The van der Waals surface area contributed by atoms with E-state index in [1.165, 1.54) is 24.0 Å². The zero-order chi connectivity index (χ0) is 9.68. The van der Waals surface area contributed by atoms with Gasteiger partial charge in [-0.1, -0.05) is 11.3 Å². The second-order valence-electron chi connectivity index (χ2n) is 2.29. The van der Waals surface area contributed by atoms with Crippen molar-refractivity contribution >= 4 is 22.4 Å². The van der Waals surface area contributed by atoms with Gasteiger partial charge in [0.2, 0.25) is 11.0 Å². The molecule has 1 heterocycles. The summed E-state index contributed by atoms with van der Waals surface area (Å²) in [5, 5.41) is 10.1. The van der Waals surface area contributed by atoms with E-state index in [4.69, 9.17) is 10.5 Å². The first kappa shape index (κ1) is 10.0. The molecule has 0 fully saturated rings. The van der Waals surface area contributed by atoms with Crippen LogP contribution in [0.4, 0.5) is 5.13 Å². The molecule has 72 valence electrons. The van der Waals surface area contributed by atoms with Crippen molar-refractivity contribution in [3.05, 3.63) is 5.51 Å². The number of aromatic nitrogens is 2. The standard InChI is InChI=1S/C6H10N4O2S/c1-12-2-4(7)5(11)9-6-10-8-3-13-6/h3-4H,2,7H2,1H3,(H,9,10,11). The van der Waals surface area contributed by atoms with E-state index in [1.54, 1.807) is 0 Å². The highest BCUT2D eigenvalue weighted by Crippen LogP contribution is 2.07. The number of ether oxygens (including phenoxy) is 1. The van der Waals surface area contributed by atoms with Crippen LogP contribution in [0.15, 0.2) is 5.51 Å². The summed E-state index contributed by atoms with van der Waals surface area (Å²) in [4.78, 5) is 11.2. The molecule has 1 unspecified atom stereocenters. The molecule has 0 spiro atoms. The van der Waals surface area contributed by atoms with Crippen molar-refractivity contribution in [1.82, 2.24) is 10.2 Å². The van der Waals surface area contributed by atoms with Crippen LogP contribution in [0.1, 0.15) is 0 Å². The molecule has 0 aliphatic heterocycles. The molecule has 1 rings (SSSR count). The van der Waals surface area contributed by atoms with E-state index in [9.17, 15) is 4.79 Å². The van der Waals surface area contributed by atoms with Gasteiger partial charge in [0, 0.05) is 7.11 Å². The molecule has 1 aromatic rings. The van der Waals surface area contributed by atoms with Gasteiger partial charge < -0.3 is 10.5 Å². The quantitative estimate of drug-likeness (QED) is 0.683. The number of amides is 1. The van der Waals surface area contributed by atoms with Crippen molar-refractivity contribution in [3.63, 3.8) is 0 Å². The summed E-state index contributed by atoms with van der Waals surface area (Å²) >= 11 is 1.24. The molecule has 1 atom stereocenters. The number of methoxy groups -OCH3 is 1. The van der Waals surface area contributed by atoms with Crippen molar-refractivity contribution in [1.29, 1.82) is 0 Å². The van der Waals surface area contributed by atoms with Crippen LogP contribution in [0.3, 0.4) is 0 Å². The number of rotatable bonds is 4. The fourth-order valence-electron chi connectivity index (χ4n) is 0.681. The molecular formula is C6H10N4O2S. The molecule has 1 aromatic heterocycles. The fraction of sp³-hybridized carbons (Fsp3) is 0.500. The molecule has 0 radical (unpaired) electrons. The third kappa shape index (κ3) is 3.05. The number of nitrogens with two attached hydrogens (primary N) is 1. The number of carbonyl (C=O) groups excluding carboxylic acids is 1. The number of hydrogen-bond donors (Lipinski definition) is 2.